The molecule has 4 aliphatic rings. The highest BCUT2D eigenvalue weighted by Crippen LogP contribution is 2.71. The van der Waals surface area contributed by atoms with Gasteiger partial charge < -0.3 is 24.8 Å². The Morgan fingerprint density at radius 3 is 2.16 bits per heavy atom. The molecule has 0 aromatic heterocycles. The van der Waals surface area contributed by atoms with Crippen LogP contribution in [0.5, 0.6) is 0 Å². The maximum atomic E-state index is 13.7. The number of hydrogen-bond acceptors (Lipinski definition) is 8. The van der Waals surface area contributed by atoms with Crippen molar-refractivity contribution in [2.75, 3.05) is 0 Å². The average molecular weight is 451 g/mol. The molecule has 3 N–H and O–H groups in total. The molecule has 4 rings (SSSR count). The van der Waals surface area contributed by atoms with Gasteiger partial charge in [0.25, 0.3) is 0 Å². The fourth-order valence-electron chi connectivity index (χ4n) is 8.31. The Labute approximate surface area is 188 Å². The third kappa shape index (κ3) is 2.82. The fraction of sp³-hybridized carbons (Fsp3) is 0.792. The van der Waals surface area contributed by atoms with Crippen molar-refractivity contribution in [3.63, 3.8) is 0 Å². The Bertz CT molecular complexity index is 879. The van der Waals surface area contributed by atoms with Crippen molar-refractivity contribution >= 4 is 17.7 Å². The van der Waals surface area contributed by atoms with Crippen LogP contribution in [-0.4, -0.2) is 63.6 Å². The van der Waals surface area contributed by atoms with Gasteiger partial charge in [-0.25, -0.2) is 0 Å². The number of ether oxygens (including phenoxy) is 2. The van der Waals surface area contributed by atoms with Crippen LogP contribution in [-0.2, 0) is 23.9 Å². The average Bonchev–Trinajstić information content (AvgIpc) is 2.84. The number of esters is 2. The minimum atomic E-state index is -1.31. The van der Waals surface area contributed by atoms with Crippen LogP contribution in [0.2, 0.25) is 0 Å². The number of carbonyl (C=O) groups is 3. The minimum Gasteiger partial charge on any atom is -0.460 e. The van der Waals surface area contributed by atoms with Crippen LogP contribution in [0.4, 0.5) is 0 Å². The molecule has 4 saturated carbocycles. The number of aliphatic hydroxyl groups excluding tert-OH is 3. The van der Waals surface area contributed by atoms with E-state index < -0.39 is 70.5 Å². The largest absolute Gasteiger partial charge is 0.460 e. The first-order chi connectivity index (χ1) is 14.7. The molecule has 32 heavy (non-hydrogen) atoms. The second-order valence-electron chi connectivity index (χ2n) is 11.2. The van der Waals surface area contributed by atoms with E-state index in [1.54, 1.807) is 13.8 Å². The van der Waals surface area contributed by atoms with E-state index in [1.165, 1.54) is 13.8 Å². The molecule has 10 atom stereocenters. The first-order valence-electron chi connectivity index (χ1n) is 11.3. The maximum Gasteiger partial charge on any atom is 0.303 e. The molecule has 4 fully saturated rings. The normalized spacial score (nSPS) is 49.1. The van der Waals surface area contributed by atoms with Crippen molar-refractivity contribution < 1.29 is 39.2 Å². The van der Waals surface area contributed by atoms with Gasteiger partial charge in [0, 0.05) is 31.1 Å². The summed E-state index contributed by atoms with van der Waals surface area (Å²) in [5.74, 6) is -2.98. The van der Waals surface area contributed by atoms with E-state index in [4.69, 9.17) is 9.47 Å². The summed E-state index contributed by atoms with van der Waals surface area (Å²) < 4.78 is 11.1. The molecule has 0 radical (unpaired) electrons. The van der Waals surface area contributed by atoms with Crippen molar-refractivity contribution in [3.05, 3.63) is 12.2 Å². The first-order valence-corrected chi connectivity index (χ1v) is 11.3. The lowest BCUT2D eigenvalue weighted by Crippen LogP contribution is -2.75. The summed E-state index contributed by atoms with van der Waals surface area (Å²) in [7, 11) is 0. The van der Waals surface area contributed by atoms with E-state index >= 15 is 0 Å². The van der Waals surface area contributed by atoms with E-state index in [0.717, 1.165) is 0 Å². The number of fused-ring (bicyclic) bond motifs is 3. The van der Waals surface area contributed by atoms with Crippen LogP contribution in [0.15, 0.2) is 12.2 Å². The van der Waals surface area contributed by atoms with Gasteiger partial charge in [0.15, 0.2) is 5.78 Å². The third-order valence-electron chi connectivity index (χ3n) is 9.00. The summed E-state index contributed by atoms with van der Waals surface area (Å²) in [4.78, 5) is 37.5. The van der Waals surface area contributed by atoms with Gasteiger partial charge in [-0.2, -0.15) is 0 Å². The number of rotatable bonds is 2. The van der Waals surface area contributed by atoms with Gasteiger partial charge in [-0.3, -0.25) is 14.4 Å². The van der Waals surface area contributed by atoms with Gasteiger partial charge in [0.1, 0.15) is 12.2 Å². The smallest absolute Gasteiger partial charge is 0.303 e. The Morgan fingerprint density at radius 2 is 1.59 bits per heavy atom. The van der Waals surface area contributed by atoms with Crippen LogP contribution in [0.3, 0.4) is 0 Å². The molecule has 8 heteroatoms. The summed E-state index contributed by atoms with van der Waals surface area (Å²) in [6, 6.07) is 0. The van der Waals surface area contributed by atoms with Gasteiger partial charge >= 0.3 is 11.9 Å². The van der Waals surface area contributed by atoms with E-state index in [-0.39, 0.29) is 18.1 Å². The summed E-state index contributed by atoms with van der Waals surface area (Å²) in [5.41, 5.74) is -2.77. The van der Waals surface area contributed by atoms with Crippen LogP contribution in [0.1, 0.15) is 53.9 Å². The number of aliphatic hydroxyl groups is 3. The molecule has 0 amide bonds. The van der Waals surface area contributed by atoms with Crippen molar-refractivity contribution in [2.24, 2.45) is 34.0 Å². The fourth-order valence-corrected chi connectivity index (χ4v) is 8.31. The van der Waals surface area contributed by atoms with Gasteiger partial charge in [0.2, 0.25) is 0 Å². The molecule has 0 saturated heterocycles. The van der Waals surface area contributed by atoms with Crippen LogP contribution in [0.25, 0.3) is 0 Å². The zero-order valence-electron chi connectivity index (χ0n) is 19.3. The van der Waals surface area contributed by atoms with Crippen LogP contribution >= 0.6 is 0 Å². The maximum absolute atomic E-state index is 13.7. The molecular weight excluding hydrogens is 416 g/mol. The molecule has 178 valence electrons. The standard InChI is InChI=1S/C24H34O8/c1-10-13-7-14(27)17-23(6)9-15(31-11(2)25)20(30)22(4,5)18(23)16(28)21(32-12(3)26)24(17,8-13)19(10)29/h13-18,20-21,27-28,30H,1,7-9H2,2-6H3/t13-,14+,15+,16-,17+,18-,20+,21+,23-,24+/m1/s1. The van der Waals surface area contributed by atoms with Crippen molar-refractivity contribution in [3.8, 4) is 0 Å². The van der Waals surface area contributed by atoms with Crippen LogP contribution < -0.4 is 0 Å². The number of ketones is 1. The van der Waals surface area contributed by atoms with Crippen LogP contribution in [0, 0.1) is 34.0 Å². The van der Waals surface area contributed by atoms with Crippen molar-refractivity contribution in [1.29, 1.82) is 0 Å². The number of carbonyl (C=O) groups excluding carboxylic acids is 3. The van der Waals surface area contributed by atoms with Gasteiger partial charge in [-0.05, 0) is 36.2 Å². The second-order valence-corrected chi connectivity index (χ2v) is 11.2. The SMILES string of the molecule is C=C1C(=O)[C@]23C[C@H]1C[C@H](O)[C@H]2[C@@]1(C)C[C@H](OC(C)=O)[C@H](O)C(C)(C)[C@H]1[C@@H](O)[C@@H]3OC(C)=O. The predicted octanol–water partition coefficient (Wildman–Crippen LogP) is 1.15. The predicted molar refractivity (Wildman–Crippen MR) is 112 cm³/mol. The first kappa shape index (κ1) is 23.4. The molecule has 0 aliphatic heterocycles. The Kier molecular flexibility index (Phi) is 5.20. The van der Waals surface area contributed by atoms with E-state index in [9.17, 15) is 29.7 Å². The highest BCUT2D eigenvalue weighted by molar-refractivity contribution is 6.04. The van der Waals surface area contributed by atoms with Crippen molar-refractivity contribution in [1.82, 2.24) is 0 Å². The number of Topliss-reactive ketones (excluding diaryl/α,β-unsaturated/α-hetero) is 1. The molecule has 4 aliphatic carbocycles. The Hall–Kier alpha value is -1.77. The minimum absolute atomic E-state index is 0.166. The summed E-state index contributed by atoms with van der Waals surface area (Å²) in [6.07, 6.45) is -4.42. The number of allylic oxidation sites excluding steroid dienone is 1. The molecule has 2 bridgehead atoms. The molecule has 0 aromatic carbocycles. The zero-order valence-corrected chi connectivity index (χ0v) is 19.3. The highest BCUT2D eigenvalue weighted by atomic mass is 16.6. The number of hydrogen-bond donors (Lipinski definition) is 3. The lowest BCUT2D eigenvalue weighted by atomic mass is 9.38. The highest BCUT2D eigenvalue weighted by Gasteiger charge is 2.77. The van der Waals surface area contributed by atoms with Gasteiger partial charge in [-0.15, -0.1) is 0 Å². The topological polar surface area (TPSA) is 130 Å². The Balaban J connectivity index is 1.94. The molecule has 0 unspecified atom stereocenters. The Morgan fingerprint density at radius 1 is 1.00 bits per heavy atom. The summed E-state index contributed by atoms with van der Waals surface area (Å²) >= 11 is 0. The lowest BCUT2D eigenvalue weighted by molar-refractivity contribution is -0.296. The summed E-state index contributed by atoms with van der Waals surface area (Å²) in [5, 5.41) is 34.2. The molecule has 1 spiro atoms. The van der Waals surface area contributed by atoms with Gasteiger partial charge in [-0.1, -0.05) is 27.4 Å². The molecule has 0 heterocycles. The summed E-state index contributed by atoms with van der Waals surface area (Å²) in [6.45, 7) is 11.9. The van der Waals surface area contributed by atoms with E-state index in [2.05, 4.69) is 6.58 Å². The molecule has 8 nitrogen and oxygen atoms in total. The lowest BCUT2D eigenvalue weighted by Gasteiger charge is -2.68. The monoisotopic (exact) mass is 450 g/mol. The molecule has 0 aromatic rings. The van der Waals surface area contributed by atoms with Gasteiger partial charge in [0.05, 0.1) is 23.7 Å². The zero-order chi connectivity index (χ0) is 24.0. The third-order valence-corrected chi connectivity index (χ3v) is 9.00. The molecular formula is C24H34O8. The van der Waals surface area contributed by atoms with E-state index in [1.807, 2.05) is 6.92 Å². The van der Waals surface area contributed by atoms with Crippen molar-refractivity contribution in [2.45, 2.75) is 84.4 Å². The van der Waals surface area contributed by atoms with E-state index in [0.29, 0.717) is 18.4 Å². The second kappa shape index (κ2) is 7.11. The quantitative estimate of drug-likeness (QED) is 0.422.